The Morgan fingerprint density at radius 1 is 1.12 bits per heavy atom. The number of fused-ring (bicyclic) bond motifs is 1. The molecule has 2 aliphatic heterocycles. The minimum Gasteiger partial charge on any atom is -0.341 e. The predicted octanol–water partition coefficient (Wildman–Crippen LogP) is 3.83. The smallest absolute Gasteiger partial charge is 0.243 e. The summed E-state index contributed by atoms with van der Waals surface area (Å²) in [6.07, 6.45) is 4.08. The van der Waals surface area contributed by atoms with Crippen LogP contribution in [0.2, 0.25) is 0 Å². The highest BCUT2D eigenvalue weighted by molar-refractivity contribution is 7.99. The molecule has 2 atom stereocenters. The van der Waals surface area contributed by atoms with Gasteiger partial charge >= 0.3 is 0 Å². The van der Waals surface area contributed by atoms with E-state index in [0.29, 0.717) is 47.6 Å². The Bertz CT molecular complexity index is 1070. The number of imidazole rings is 1. The van der Waals surface area contributed by atoms with Gasteiger partial charge in [0.05, 0.1) is 21.7 Å². The number of piperidine rings is 2. The number of hydrogen-bond acceptors (Lipinski definition) is 5. The number of hydrogen-bond donors (Lipinski definition) is 0. The maximum absolute atomic E-state index is 13.1. The molecule has 1 amide bonds. The molecule has 0 saturated carbocycles. The Hall–Kier alpha value is -1.58. The van der Waals surface area contributed by atoms with Crippen LogP contribution in [0.15, 0.2) is 28.3 Å². The van der Waals surface area contributed by atoms with Crippen molar-refractivity contribution in [3.63, 3.8) is 0 Å². The van der Waals surface area contributed by atoms with Crippen molar-refractivity contribution in [2.24, 2.45) is 11.8 Å². The molecule has 1 aromatic carbocycles. The van der Waals surface area contributed by atoms with Gasteiger partial charge in [-0.15, -0.1) is 0 Å². The summed E-state index contributed by atoms with van der Waals surface area (Å²) in [6, 6.07) is 5.23. The van der Waals surface area contributed by atoms with Gasteiger partial charge in [-0.05, 0) is 56.2 Å². The van der Waals surface area contributed by atoms with Gasteiger partial charge in [-0.25, -0.2) is 13.4 Å². The topological polar surface area (TPSA) is 75.5 Å². The third-order valence-corrected chi connectivity index (χ3v) is 9.36. The molecule has 4 rings (SSSR count). The molecule has 2 unspecified atom stereocenters. The van der Waals surface area contributed by atoms with Crippen LogP contribution in [0.4, 0.5) is 0 Å². The summed E-state index contributed by atoms with van der Waals surface area (Å²) in [4.78, 5) is 19.8. The lowest BCUT2D eigenvalue weighted by Crippen LogP contribution is -2.43. The van der Waals surface area contributed by atoms with Crippen molar-refractivity contribution < 1.29 is 13.2 Å². The van der Waals surface area contributed by atoms with Crippen molar-refractivity contribution in [3.05, 3.63) is 18.2 Å². The fraction of sp³-hybridized carbons (Fsp3) is 0.652. The van der Waals surface area contributed by atoms with Gasteiger partial charge in [0.15, 0.2) is 5.16 Å². The van der Waals surface area contributed by atoms with E-state index < -0.39 is 10.0 Å². The fourth-order valence-electron chi connectivity index (χ4n) is 5.00. The lowest BCUT2D eigenvalue weighted by Gasteiger charge is -2.35. The van der Waals surface area contributed by atoms with E-state index in [9.17, 15) is 13.2 Å². The second-order valence-corrected chi connectivity index (χ2v) is 12.2. The number of carbonyl (C=O) groups is 1. The number of benzene rings is 1. The maximum atomic E-state index is 13.1. The van der Waals surface area contributed by atoms with Gasteiger partial charge in [0.25, 0.3) is 0 Å². The molecule has 176 valence electrons. The molecule has 1 aromatic heterocycles. The normalized spacial score (nSPS) is 23.0. The molecule has 0 aliphatic carbocycles. The van der Waals surface area contributed by atoms with Crippen LogP contribution in [-0.4, -0.2) is 65.0 Å². The Kier molecular flexibility index (Phi) is 7.17. The summed E-state index contributed by atoms with van der Waals surface area (Å²) in [7, 11) is -3.50. The predicted molar refractivity (Wildman–Crippen MR) is 128 cm³/mol. The summed E-state index contributed by atoms with van der Waals surface area (Å²) in [5, 5.41) is 0.765. The summed E-state index contributed by atoms with van der Waals surface area (Å²) >= 11 is 1.44. The van der Waals surface area contributed by atoms with Gasteiger partial charge in [-0.3, -0.25) is 4.79 Å². The highest BCUT2D eigenvalue weighted by Gasteiger charge is 2.28. The quantitative estimate of drug-likeness (QED) is 0.590. The van der Waals surface area contributed by atoms with Crippen molar-refractivity contribution in [3.8, 4) is 0 Å². The number of aromatic nitrogens is 2. The first-order chi connectivity index (χ1) is 15.3. The van der Waals surface area contributed by atoms with Crippen molar-refractivity contribution in [2.45, 2.75) is 63.1 Å². The molecule has 3 heterocycles. The molecule has 9 heteroatoms. The molecule has 0 bridgehead atoms. The zero-order chi connectivity index (χ0) is 22.9. The largest absolute Gasteiger partial charge is 0.341 e. The van der Waals surface area contributed by atoms with Gasteiger partial charge in [0, 0.05) is 32.7 Å². The highest BCUT2D eigenvalue weighted by atomic mass is 32.2. The van der Waals surface area contributed by atoms with Crippen LogP contribution in [0.5, 0.6) is 0 Å². The summed E-state index contributed by atoms with van der Waals surface area (Å²) in [6.45, 7) is 9.98. The second-order valence-electron chi connectivity index (χ2n) is 9.29. The molecule has 0 radical (unpaired) electrons. The lowest BCUT2D eigenvalue weighted by atomic mass is 9.92. The molecule has 2 saturated heterocycles. The lowest BCUT2D eigenvalue weighted by molar-refractivity contribution is -0.130. The van der Waals surface area contributed by atoms with Gasteiger partial charge in [0.1, 0.15) is 0 Å². The number of carbonyl (C=O) groups excluding carboxylic acids is 1. The van der Waals surface area contributed by atoms with Crippen LogP contribution in [0.3, 0.4) is 0 Å². The van der Waals surface area contributed by atoms with Gasteiger partial charge < -0.3 is 9.47 Å². The molecule has 2 aromatic rings. The molecular formula is C23H34N4O3S2. The van der Waals surface area contributed by atoms with E-state index in [1.165, 1.54) is 18.2 Å². The molecule has 2 fully saturated rings. The van der Waals surface area contributed by atoms with E-state index >= 15 is 0 Å². The number of amides is 1. The minimum absolute atomic E-state index is 0.150. The molecular weight excluding hydrogens is 444 g/mol. The van der Waals surface area contributed by atoms with E-state index in [1.807, 2.05) is 17.9 Å². The van der Waals surface area contributed by atoms with Gasteiger partial charge in [0.2, 0.25) is 15.9 Å². The summed E-state index contributed by atoms with van der Waals surface area (Å²) < 4.78 is 29.8. The number of thioether (sulfide) groups is 1. The summed E-state index contributed by atoms with van der Waals surface area (Å²) in [5.74, 6) is 1.57. The van der Waals surface area contributed by atoms with E-state index in [-0.39, 0.29) is 5.91 Å². The van der Waals surface area contributed by atoms with Crippen LogP contribution >= 0.6 is 11.8 Å². The first kappa shape index (κ1) is 23.6. The number of sulfonamides is 1. The Labute approximate surface area is 195 Å². The second kappa shape index (κ2) is 9.73. The van der Waals surface area contributed by atoms with Crippen LogP contribution < -0.4 is 0 Å². The number of aryl methyl sites for hydroxylation is 1. The van der Waals surface area contributed by atoms with Crippen LogP contribution in [-0.2, 0) is 21.4 Å². The van der Waals surface area contributed by atoms with Gasteiger partial charge in [-0.2, -0.15) is 4.31 Å². The van der Waals surface area contributed by atoms with E-state index in [1.54, 1.807) is 16.4 Å². The Balaban J connectivity index is 1.53. The molecule has 32 heavy (non-hydrogen) atoms. The number of likely N-dealkylation sites (tertiary alicyclic amines) is 1. The number of nitrogens with zero attached hydrogens (tertiary/aromatic N) is 4. The van der Waals surface area contributed by atoms with Crippen molar-refractivity contribution in [2.75, 3.05) is 31.9 Å². The zero-order valence-corrected chi connectivity index (χ0v) is 20.9. The SMILES string of the molecule is CCn1c(SCC(=O)N2CC(C)CC(C)C2)nc2cc(S(=O)(=O)N3CCCCC3)ccc21. The van der Waals surface area contributed by atoms with Crippen LogP contribution in [0.1, 0.15) is 46.5 Å². The fourth-order valence-corrected chi connectivity index (χ4v) is 7.52. The first-order valence-corrected chi connectivity index (χ1v) is 14.1. The van der Waals surface area contributed by atoms with Gasteiger partial charge in [-0.1, -0.05) is 32.0 Å². The van der Waals surface area contributed by atoms with E-state index in [0.717, 1.165) is 43.0 Å². The van der Waals surface area contributed by atoms with Crippen molar-refractivity contribution in [1.29, 1.82) is 0 Å². The monoisotopic (exact) mass is 478 g/mol. The van der Waals surface area contributed by atoms with Crippen LogP contribution in [0, 0.1) is 11.8 Å². The van der Waals surface area contributed by atoms with Crippen LogP contribution in [0.25, 0.3) is 11.0 Å². The standard InChI is InChI=1S/C23H34N4O3S2/c1-4-27-21-9-8-19(32(29,30)26-10-6-5-7-11-26)13-20(21)24-23(27)31-16-22(28)25-14-17(2)12-18(3)15-25/h8-9,13,17-18H,4-7,10-12,14-16H2,1-3H3. The first-order valence-electron chi connectivity index (χ1n) is 11.7. The molecule has 2 aliphatic rings. The highest BCUT2D eigenvalue weighted by Crippen LogP contribution is 2.29. The van der Waals surface area contributed by atoms with E-state index in [2.05, 4.69) is 18.4 Å². The summed E-state index contributed by atoms with van der Waals surface area (Å²) in [5.41, 5.74) is 1.57. The molecule has 0 spiro atoms. The minimum atomic E-state index is -3.50. The number of rotatable bonds is 6. The zero-order valence-electron chi connectivity index (χ0n) is 19.3. The third kappa shape index (κ3) is 4.84. The third-order valence-electron chi connectivity index (χ3n) is 6.50. The Morgan fingerprint density at radius 2 is 1.81 bits per heavy atom. The maximum Gasteiger partial charge on any atom is 0.243 e. The molecule has 0 N–H and O–H groups in total. The van der Waals surface area contributed by atoms with Crippen molar-refractivity contribution in [1.82, 2.24) is 18.8 Å². The van der Waals surface area contributed by atoms with Crippen molar-refractivity contribution >= 4 is 38.7 Å². The molecule has 7 nitrogen and oxygen atoms in total. The Morgan fingerprint density at radius 3 is 2.47 bits per heavy atom. The average Bonchev–Trinajstić information content (AvgIpc) is 3.14. The van der Waals surface area contributed by atoms with E-state index in [4.69, 9.17) is 4.98 Å². The average molecular weight is 479 g/mol.